The average Bonchev–Trinajstić information content (AvgIpc) is 2.95. The van der Waals surface area contributed by atoms with Crippen molar-refractivity contribution in [2.75, 3.05) is 26.2 Å². The van der Waals surface area contributed by atoms with Crippen LogP contribution in [-0.2, 0) is 0 Å². The van der Waals surface area contributed by atoms with Crippen LogP contribution >= 0.6 is 15.9 Å². The second-order valence-electron chi connectivity index (χ2n) is 5.57. The lowest BCUT2D eigenvalue weighted by atomic mass is 10.0. The second kappa shape index (κ2) is 6.24. The van der Waals surface area contributed by atoms with Crippen LogP contribution in [0.4, 0.5) is 9.18 Å². The summed E-state index contributed by atoms with van der Waals surface area (Å²) < 4.78 is 14.5. The van der Waals surface area contributed by atoms with Crippen molar-refractivity contribution in [2.45, 2.75) is 18.9 Å². The van der Waals surface area contributed by atoms with Crippen LogP contribution in [0.5, 0.6) is 0 Å². The highest BCUT2D eigenvalue weighted by Crippen LogP contribution is 2.22. The summed E-state index contributed by atoms with van der Waals surface area (Å²) in [5.74, 6) is -0.794. The first-order valence-corrected chi connectivity index (χ1v) is 8.14. The van der Waals surface area contributed by atoms with Crippen LogP contribution in [-0.4, -0.2) is 54.0 Å². The third kappa shape index (κ3) is 2.95. The quantitative estimate of drug-likeness (QED) is 0.868. The number of nitrogens with zero attached hydrogens (tertiary/aromatic N) is 2. The SMILES string of the molecule is O=C(c1cc(Br)ccc1F)N1CCC(N2CCNC2=O)CC1. The number of amides is 3. The van der Waals surface area contributed by atoms with E-state index < -0.39 is 5.82 Å². The minimum absolute atomic E-state index is 0.0252. The minimum Gasteiger partial charge on any atom is -0.338 e. The molecule has 0 unspecified atom stereocenters. The maximum Gasteiger partial charge on any atom is 0.317 e. The molecule has 2 heterocycles. The Morgan fingerprint density at radius 3 is 2.64 bits per heavy atom. The number of carbonyl (C=O) groups is 2. The van der Waals surface area contributed by atoms with E-state index >= 15 is 0 Å². The van der Waals surface area contributed by atoms with Crippen LogP contribution in [0, 0.1) is 5.82 Å². The van der Waals surface area contributed by atoms with Crippen molar-refractivity contribution in [3.8, 4) is 0 Å². The molecule has 0 aromatic heterocycles. The highest BCUT2D eigenvalue weighted by atomic mass is 79.9. The number of hydrogen-bond acceptors (Lipinski definition) is 2. The van der Waals surface area contributed by atoms with Crippen molar-refractivity contribution >= 4 is 27.9 Å². The van der Waals surface area contributed by atoms with Crippen molar-refractivity contribution in [3.05, 3.63) is 34.1 Å². The third-order valence-electron chi connectivity index (χ3n) is 4.24. The van der Waals surface area contributed by atoms with E-state index in [2.05, 4.69) is 21.2 Å². The third-order valence-corrected chi connectivity index (χ3v) is 4.73. The lowest BCUT2D eigenvalue weighted by Crippen LogP contribution is -2.47. The van der Waals surface area contributed by atoms with Crippen LogP contribution in [0.15, 0.2) is 22.7 Å². The predicted molar refractivity (Wildman–Crippen MR) is 83.1 cm³/mol. The Balaban J connectivity index is 1.64. The van der Waals surface area contributed by atoms with E-state index in [1.54, 1.807) is 11.0 Å². The van der Waals surface area contributed by atoms with Gasteiger partial charge in [0.25, 0.3) is 5.91 Å². The Hall–Kier alpha value is -1.63. The molecule has 1 N–H and O–H groups in total. The van der Waals surface area contributed by atoms with Gasteiger partial charge >= 0.3 is 6.03 Å². The molecule has 22 heavy (non-hydrogen) atoms. The van der Waals surface area contributed by atoms with Crippen molar-refractivity contribution in [1.82, 2.24) is 15.1 Å². The Labute approximate surface area is 136 Å². The van der Waals surface area contributed by atoms with Gasteiger partial charge in [-0.05, 0) is 31.0 Å². The van der Waals surface area contributed by atoms with Gasteiger partial charge < -0.3 is 15.1 Å². The average molecular weight is 370 g/mol. The van der Waals surface area contributed by atoms with Crippen LogP contribution in [0.2, 0.25) is 0 Å². The Morgan fingerprint density at radius 2 is 2.00 bits per heavy atom. The molecule has 3 rings (SSSR count). The summed E-state index contributed by atoms with van der Waals surface area (Å²) in [4.78, 5) is 27.6. The molecular weight excluding hydrogens is 353 g/mol. The van der Waals surface area contributed by atoms with E-state index in [4.69, 9.17) is 0 Å². The molecule has 7 heteroatoms. The summed E-state index contributed by atoms with van der Waals surface area (Å²) in [6, 6.07) is 4.52. The number of hydrogen-bond donors (Lipinski definition) is 1. The molecule has 1 aromatic rings. The van der Waals surface area contributed by atoms with E-state index in [1.165, 1.54) is 12.1 Å². The second-order valence-corrected chi connectivity index (χ2v) is 6.49. The summed E-state index contributed by atoms with van der Waals surface area (Å²) in [7, 11) is 0. The largest absolute Gasteiger partial charge is 0.338 e. The Bertz CT molecular complexity index is 602. The molecule has 0 radical (unpaired) electrons. The van der Waals surface area contributed by atoms with Gasteiger partial charge in [-0.25, -0.2) is 9.18 Å². The lowest BCUT2D eigenvalue weighted by molar-refractivity contribution is 0.0661. The molecule has 3 amide bonds. The molecule has 0 atom stereocenters. The van der Waals surface area contributed by atoms with Crippen LogP contribution < -0.4 is 5.32 Å². The van der Waals surface area contributed by atoms with Gasteiger partial charge in [0.15, 0.2) is 0 Å². The number of likely N-dealkylation sites (tertiary alicyclic amines) is 1. The zero-order valence-electron chi connectivity index (χ0n) is 12.0. The standard InChI is InChI=1S/C15H17BrFN3O2/c16-10-1-2-13(17)12(9-10)14(21)19-6-3-11(4-7-19)20-8-5-18-15(20)22/h1-2,9,11H,3-8H2,(H,18,22). The molecule has 0 saturated carbocycles. The summed E-state index contributed by atoms with van der Waals surface area (Å²) >= 11 is 3.26. The number of benzene rings is 1. The fourth-order valence-electron chi connectivity index (χ4n) is 3.05. The van der Waals surface area contributed by atoms with Gasteiger partial charge in [0, 0.05) is 36.7 Å². The molecular formula is C15H17BrFN3O2. The number of halogens is 2. The predicted octanol–water partition coefficient (Wildman–Crippen LogP) is 2.22. The van der Waals surface area contributed by atoms with Gasteiger partial charge in [0.1, 0.15) is 5.82 Å². The van der Waals surface area contributed by atoms with E-state index in [0.717, 1.165) is 19.4 Å². The molecule has 2 aliphatic heterocycles. The normalized spacial score (nSPS) is 19.5. The van der Waals surface area contributed by atoms with Crippen LogP contribution in [0.3, 0.4) is 0 Å². The van der Waals surface area contributed by atoms with E-state index in [-0.39, 0.29) is 23.5 Å². The molecule has 118 valence electrons. The fraction of sp³-hybridized carbons (Fsp3) is 0.467. The first kappa shape index (κ1) is 15.3. The van der Waals surface area contributed by atoms with Crippen LogP contribution in [0.25, 0.3) is 0 Å². The molecule has 1 aromatic carbocycles. The summed E-state index contributed by atoms with van der Waals surface area (Å²) in [5.41, 5.74) is 0.0896. The molecule has 0 spiro atoms. The topological polar surface area (TPSA) is 52.7 Å². The molecule has 0 bridgehead atoms. The van der Waals surface area contributed by atoms with Gasteiger partial charge in [0.05, 0.1) is 5.56 Å². The highest BCUT2D eigenvalue weighted by Gasteiger charge is 2.32. The minimum atomic E-state index is -0.505. The fourth-order valence-corrected chi connectivity index (χ4v) is 3.41. The van der Waals surface area contributed by atoms with Gasteiger partial charge in [-0.2, -0.15) is 0 Å². The first-order valence-electron chi connectivity index (χ1n) is 7.35. The number of carbonyl (C=O) groups excluding carboxylic acids is 2. The smallest absolute Gasteiger partial charge is 0.317 e. The van der Waals surface area contributed by atoms with E-state index in [9.17, 15) is 14.0 Å². The van der Waals surface area contributed by atoms with Crippen molar-refractivity contribution in [3.63, 3.8) is 0 Å². The zero-order valence-corrected chi connectivity index (χ0v) is 13.6. The van der Waals surface area contributed by atoms with Gasteiger partial charge in [-0.3, -0.25) is 4.79 Å². The van der Waals surface area contributed by atoms with Crippen molar-refractivity contribution in [2.24, 2.45) is 0 Å². The highest BCUT2D eigenvalue weighted by molar-refractivity contribution is 9.10. The molecule has 2 saturated heterocycles. The van der Waals surface area contributed by atoms with Gasteiger partial charge in [-0.15, -0.1) is 0 Å². The van der Waals surface area contributed by atoms with E-state index in [1.807, 2.05) is 4.90 Å². The number of urea groups is 1. The zero-order chi connectivity index (χ0) is 15.7. The maximum atomic E-state index is 13.8. The Kier molecular flexibility index (Phi) is 4.33. The number of piperidine rings is 1. The first-order chi connectivity index (χ1) is 10.6. The lowest BCUT2D eigenvalue weighted by Gasteiger charge is -2.36. The maximum absolute atomic E-state index is 13.8. The van der Waals surface area contributed by atoms with Gasteiger partial charge in [-0.1, -0.05) is 15.9 Å². The summed E-state index contributed by atoms with van der Waals surface area (Å²) in [5, 5.41) is 2.79. The number of nitrogens with one attached hydrogen (secondary N) is 1. The molecule has 5 nitrogen and oxygen atoms in total. The molecule has 2 fully saturated rings. The van der Waals surface area contributed by atoms with E-state index in [0.29, 0.717) is 24.1 Å². The molecule has 2 aliphatic rings. The van der Waals surface area contributed by atoms with Gasteiger partial charge in [0.2, 0.25) is 0 Å². The molecule has 0 aliphatic carbocycles. The summed E-state index contributed by atoms with van der Waals surface area (Å²) in [6.45, 7) is 2.48. The monoisotopic (exact) mass is 369 g/mol. The summed E-state index contributed by atoms with van der Waals surface area (Å²) in [6.07, 6.45) is 1.46. The van der Waals surface area contributed by atoms with Crippen LogP contribution in [0.1, 0.15) is 23.2 Å². The van der Waals surface area contributed by atoms with Crippen molar-refractivity contribution in [1.29, 1.82) is 0 Å². The van der Waals surface area contributed by atoms with Crippen molar-refractivity contribution < 1.29 is 14.0 Å². The Morgan fingerprint density at radius 1 is 1.27 bits per heavy atom. The number of rotatable bonds is 2.